The molecule has 0 bridgehead atoms. The van der Waals surface area contributed by atoms with E-state index in [0.717, 1.165) is 30.0 Å². The van der Waals surface area contributed by atoms with Crippen LogP contribution >= 0.6 is 23.4 Å². The molecule has 0 N–H and O–H groups in total. The standard InChI is InChI=1S/C29H28ClF5N4O3S/c1-4-23(40)39-16(2)10-37(11-17(39)3)26-19-9-20(29(33,34)35)18(5-6-21(30)22(32)7-8-31)25-24(19)38(27(41)36-26)12-28(15-43-25)13-42-14-28/h4-9,16-17H,1,10-15H2,2-3H3/b6-5+,8-7+,22-21-. The van der Waals surface area contributed by atoms with Crippen LogP contribution in [0.25, 0.3) is 17.0 Å². The number of amides is 1. The Kier molecular flexibility index (Phi) is 8.53. The molecule has 230 valence electrons. The number of allylic oxidation sites excluding steroid dienone is 4. The van der Waals surface area contributed by atoms with Gasteiger partial charge < -0.3 is 14.5 Å². The van der Waals surface area contributed by atoms with E-state index in [2.05, 4.69) is 11.6 Å². The van der Waals surface area contributed by atoms with E-state index in [9.17, 15) is 31.5 Å². The average molecular weight is 643 g/mol. The second-order valence-corrected chi connectivity index (χ2v) is 12.4. The number of anilines is 1. The van der Waals surface area contributed by atoms with Crippen LogP contribution in [0, 0.1) is 5.41 Å². The smallest absolute Gasteiger partial charge is 0.380 e. The van der Waals surface area contributed by atoms with Crippen LogP contribution in [-0.4, -0.2) is 64.5 Å². The first-order valence-corrected chi connectivity index (χ1v) is 14.8. The van der Waals surface area contributed by atoms with Crippen molar-refractivity contribution in [2.45, 2.75) is 43.5 Å². The summed E-state index contributed by atoms with van der Waals surface area (Å²) in [4.78, 5) is 34.0. The first-order valence-electron chi connectivity index (χ1n) is 13.4. The molecule has 4 heterocycles. The van der Waals surface area contributed by atoms with Crippen molar-refractivity contribution in [1.29, 1.82) is 0 Å². The van der Waals surface area contributed by atoms with E-state index in [-0.39, 0.29) is 71.1 Å². The third kappa shape index (κ3) is 5.74. The molecule has 0 aliphatic carbocycles. The van der Waals surface area contributed by atoms with Gasteiger partial charge in [0.25, 0.3) is 0 Å². The van der Waals surface area contributed by atoms with Crippen LogP contribution in [0.15, 0.2) is 57.8 Å². The Labute approximate surface area is 253 Å². The predicted molar refractivity (Wildman–Crippen MR) is 156 cm³/mol. The number of rotatable bonds is 5. The van der Waals surface area contributed by atoms with E-state index in [1.165, 1.54) is 10.6 Å². The minimum absolute atomic E-state index is 0.0747. The van der Waals surface area contributed by atoms with E-state index < -0.39 is 33.7 Å². The zero-order valence-corrected chi connectivity index (χ0v) is 24.8. The van der Waals surface area contributed by atoms with Crippen LogP contribution in [0.2, 0.25) is 0 Å². The largest absolute Gasteiger partial charge is 0.417 e. The summed E-state index contributed by atoms with van der Waals surface area (Å²) in [6, 6.07) is 0.262. The van der Waals surface area contributed by atoms with Gasteiger partial charge in [-0.05, 0) is 32.1 Å². The Morgan fingerprint density at radius 2 is 1.91 bits per heavy atom. The van der Waals surface area contributed by atoms with Gasteiger partial charge >= 0.3 is 11.9 Å². The fraction of sp³-hybridized carbons (Fsp3) is 0.414. The molecule has 2 aromatic rings. The summed E-state index contributed by atoms with van der Waals surface area (Å²) in [6.45, 7) is 8.45. The fourth-order valence-electron chi connectivity index (χ4n) is 5.92. The quantitative estimate of drug-likeness (QED) is 0.224. The van der Waals surface area contributed by atoms with Gasteiger partial charge in [-0.3, -0.25) is 9.36 Å². The number of carbonyl (C=O) groups is 1. The lowest BCUT2D eigenvalue weighted by Gasteiger charge is -2.44. The van der Waals surface area contributed by atoms with Crippen LogP contribution in [-0.2, 0) is 22.3 Å². The molecule has 2 unspecified atom stereocenters. The second-order valence-electron chi connectivity index (χ2n) is 11.0. The van der Waals surface area contributed by atoms with Crippen molar-refractivity contribution in [3.05, 3.63) is 69.7 Å². The number of piperazine rings is 1. The molecule has 1 aromatic heterocycles. The maximum absolute atomic E-state index is 14.7. The molecule has 3 aliphatic heterocycles. The summed E-state index contributed by atoms with van der Waals surface area (Å²) in [5, 5.41) is -0.473. The second kappa shape index (κ2) is 11.7. The number of carbonyl (C=O) groups excluding carboxylic acids is 1. The average Bonchev–Trinajstić information content (AvgIpc) is 3.12. The molecule has 1 spiro atoms. The molecule has 0 saturated carbocycles. The van der Waals surface area contributed by atoms with Crippen LogP contribution in [0.3, 0.4) is 0 Å². The highest BCUT2D eigenvalue weighted by molar-refractivity contribution is 7.99. The topological polar surface area (TPSA) is 67.7 Å². The van der Waals surface area contributed by atoms with Crippen molar-refractivity contribution in [3.8, 4) is 0 Å². The molecule has 3 aliphatic rings. The van der Waals surface area contributed by atoms with Gasteiger partial charge in [-0.15, -0.1) is 11.8 Å². The number of hydrogen-bond acceptors (Lipinski definition) is 6. The first-order chi connectivity index (χ1) is 20.3. The highest BCUT2D eigenvalue weighted by atomic mass is 35.5. The molecule has 2 fully saturated rings. The zero-order chi connectivity index (χ0) is 31.3. The van der Waals surface area contributed by atoms with Gasteiger partial charge in [0.15, 0.2) is 0 Å². The maximum Gasteiger partial charge on any atom is 0.417 e. The van der Waals surface area contributed by atoms with Crippen LogP contribution < -0.4 is 10.6 Å². The van der Waals surface area contributed by atoms with Crippen LogP contribution in [0.1, 0.15) is 25.0 Å². The molecule has 5 rings (SSSR count). The lowest BCUT2D eigenvalue weighted by atomic mass is 9.88. The van der Waals surface area contributed by atoms with Crippen molar-refractivity contribution < 1.29 is 31.5 Å². The summed E-state index contributed by atoms with van der Waals surface area (Å²) >= 11 is 7.06. The van der Waals surface area contributed by atoms with E-state index in [0.29, 0.717) is 25.0 Å². The molecular formula is C29H28ClF5N4O3S. The minimum atomic E-state index is -4.85. The van der Waals surface area contributed by atoms with E-state index in [1.54, 1.807) is 9.80 Å². The summed E-state index contributed by atoms with van der Waals surface area (Å²) < 4.78 is 77.5. The minimum Gasteiger partial charge on any atom is -0.380 e. The Hall–Kier alpha value is -3.16. The molecule has 14 heteroatoms. The number of thioether (sulfide) groups is 1. The summed E-state index contributed by atoms with van der Waals surface area (Å²) in [5.74, 6) is -0.993. The SMILES string of the molecule is C=CC(=O)N1C(C)CN(c2nc(=O)n3c4c(c(/C=C/C(Cl)=C(F)\C=C\F)c(C(F)(F)F)cc24)SCC2(COC2)C3)CC1C. The molecule has 0 radical (unpaired) electrons. The number of halogens is 6. The molecule has 2 saturated heterocycles. The third-order valence-corrected chi connectivity index (χ3v) is 9.62. The van der Waals surface area contributed by atoms with Crippen molar-refractivity contribution >= 4 is 52.1 Å². The molecule has 1 aromatic carbocycles. The van der Waals surface area contributed by atoms with Gasteiger partial charge in [0, 0.05) is 64.8 Å². The predicted octanol–water partition coefficient (Wildman–Crippen LogP) is 6.07. The van der Waals surface area contributed by atoms with Crippen molar-refractivity contribution in [3.63, 3.8) is 0 Å². The number of hydrogen-bond donors (Lipinski definition) is 0. The molecule has 2 atom stereocenters. The number of alkyl halides is 3. The Balaban J connectivity index is 1.77. The van der Waals surface area contributed by atoms with Gasteiger partial charge in [-0.25, -0.2) is 13.6 Å². The fourth-order valence-corrected chi connectivity index (χ4v) is 7.44. The maximum atomic E-state index is 14.7. The summed E-state index contributed by atoms with van der Waals surface area (Å²) in [7, 11) is 0. The van der Waals surface area contributed by atoms with Crippen molar-refractivity contribution in [2.75, 3.05) is 37.0 Å². The number of benzene rings is 1. The van der Waals surface area contributed by atoms with E-state index in [4.69, 9.17) is 16.3 Å². The highest BCUT2D eigenvalue weighted by Crippen LogP contribution is 2.48. The molecule has 43 heavy (non-hydrogen) atoms. The van der Waals surface area contributed by atoms with Crippen LogP contribution in [0.5, 0.6) is 0 Å². The van der Waals surface area contributed by atoms with Crippen molar-refractivity contribution in [1.82, 2.24) is 14.5 Å². The highest BCUT2D eigenvalue weighted by Gasteiger charge is 2.44. The number of ether oxygens (including phenoxy) is 1. The zero-order valence-electron chi connectivity index (χ0n) is 23.3. The Bertz CT molecular complexity index is 1620. The van der Waals surface area contributed by atoms with Gasteiger partial charge in [-0.2, -0.15) is 18.2 Å². The monoisotopic (exact) mass is 642 g/mol. The Morgan fingerprint density at radius 1 is 1.23 bits per heavy atom. The van der Waals surface area contributed by atoms with E-state index in [1.807, 2.05) is 13.8 Å². The lowest BCUT2D eigenvalue weighted by molar-refractivity contribution is -0.137. The van der Waals surface area contributed by atoms with E-state index >= 15 is 0 Å². The number of nitrogens with zero attached hydrogens (tertiary/aromatic N) is 4. The summed E-state index contributed by atoms with van der Waals surface area (Å²) in [6.07, 6.45) is -1.30. The molecular weight excluding hydrogens is 615 g/mol. The lowest BCUT2D eigenvalue weighted by Crippen LogP contribution is -2.58. The molecule has 1 amide bonds. The normalized spacial score (nSPS) is 22.7. The Morgan fingerprint density at radius 3 is 2.47 bits per heavy atom. The third-order valence-electron chi connectivity index (χ3n) is 7.86. The van der Waals surface area contributed by atoms with Gasteiger partial charge in [0.05, 0.1) is 35.7 Å². The van der Waals surface area contributed by atoms with Crippen molar-refractivity contribution in [2.24, 2.45) is 5.41 Å². The van der Waals surface area contributed by atoms with Gasteiger partial charge in [0.1, 0.15) is 11.6 Å². The van der Waals surface area contributed by atoms with Gasteiger partial charge in [-0.1, -0.05) is 24.3 Å². The molecule has 7 nitrogen and oxygen atoms in total. The first kappa shape index (κ1) is 31.3. The summed E-state index contributed by atoms with van der Waals surface area (Å²) in [5.41, 5.74) is -2.18. The number of aromatic nitrogens is 2. The van der Waals surface area contributed by atoms with Crippen LogP contribution in [0.4, 0.5) is 27.8 Å². The van der Waals surface area contributed by atoms with Gasteiger partial charge in [0.2, 0.25) is 5.91 Å².